The Morgan fingerprint density at radius 3 is 2.80 bits per heavy atom. The van der Waals surface area contributed by atoms with E-state index in [0.29, 0.717) is 17.9 Å². The van der Waals surface area contributed by atoms with Crippen molar-refractivity contribution in [2.45, 2.75) is 19.0 Å². The van der Waals surface area contributed by atoms with E-state index in [1.807, 2.05) is 32.3 Å². The first-order chi connectivity index (χ1) is 9.47. The van der Waals surface area contributed by atoms with Crippen molar-refractivity contribution in [1.29, 1.82) is 0 Å². The quantitative estimate of drug-likeness (QED) is 0.743. The normalized spacial score (nSPS) is 12.1. The lowest BCUT2D eigenvalue weighted by atomic mass is 10.1. The number of anilines is 1. The summed E-state index contributed by atoms with van der Waals surface area (Å²) < 4.78 is 5.26. The Morgan fingerprint density at radius 1 is 1.55 bits per heavy atom. The van der Waals surface area contributed by atoms with Crippen LogP contribution in [0.5, 0.6) is 5.75 Å². The Labute approximate surface area is 120 Å². The van der Waals surface area contributed by atoms with Gasteiger partial charge in [-0.15, -0.1) is 6.58 Å². The molecule has 1 unspecified atom stereocenters. The van der Waals surface area contributed by atoms with Gasteiger partial charge in [-0.2, -0.15) is 0 Å². The first-order valence-electron chi connectivity index (χ1n) is 6.47. The number of methoxy groups -OCH3 is 1. The Balaban J connectivity index is 2.90. The van der Waals surface area contributed by atoms with Crippen LogP contribution >= 0.6 is 0 Å². The van der Waals surface area contributed by atoms with Crippen molar-refractivity contribution in [3.8, 4) is 5.75 Å². The maximum Gasteiger partial charge on any atom is 0.241 e. The van der Waals surface area contributed by atoms with E-state index < -0.39 is 6.04 Å². The lowest BCUT2D eigenvalue weighted by molar-refractivity contribution is -0.117. The minimum Gasteiger partial charge on any atom is -0.495 e. The van der Waals surface area contributed by atoms with Gasteiger partial charge in [0.1, 0.15) is 5.75 Å². The molecule has 0 heterocycles. The summed E-state index contributed by atoms with van der Waals surface area (Å²) in [5.74, 6) is 0.372. The largest absolute Gasteiger partial charge is 0.495 e. The van der Waals surface area contributed by atoms with Crippen LogP contribution in [0.25, 0.3) is 0 Å². The van der Waals surface area contributed by atoms with Gasteiger partial charge in [-0.1, -0.05) is 12.1 Å². The lowest BCUT2D eigenvalue weighted by Gasteiger charge is -2.16. The Morgan fingerprint density at radius 2 is 2.25 bits per heavy atom. The minimum absolute atomic E-state index is 0.245. The average Bonchev–Trinajstić information content (AvgIpc) is 2.38. The molecule has 0 aliphatic heterocycles. The third kappa shape index (κ3) is 4.68. The van der Waals surface area contributed by atoms with Crippen LogP contribution in [0.2, 0.25) is 0 Å². The van der Waals surface area contributed by atoms with Crippen LogP contribution in [0, 0.1) is 0 Å². The van der Waals surface area contributed by atoms with Gasteiger partial charge in [0, 0.05) is 6.54 Å². The van der Waals surface area contributed by atoms with Crippen molar-refractivity contribution in [2.75, 3.05) is 26.5 Å². The number of rotatable bonds is 7. The van der Waals surface area contributed by atoms with Gasteiger partial charge in [0.05, 0.1) is 18.8 Å². The summed E-state index contributed by atoms with van der Waals surface area (Å²) in [6.45, 7) is 4.36. The van der Waals surface area contributed by atoms with Gasteiger partial charge in [-0.05, 0) is 38.2 Å². The number of hydrogen-bond acceptors (Lipinski definition) is 4. The Kier molecular flexibility index (Phi) is 6.21. The molecular formula is C15H23N3O2. The monoisotopic (exact) mass is 277 g/mol. The molecule has 5 nitrogen and oxygen atoms in total. The summed E-state index contributed by atoms with van der Waals surface area (Å²) in [4.78, 5) is 14.0. The second-order valence-corrected chi connectivity index (χ2v) is 4.89. The van der Waals surface area contributed by atoms with Crippen LogP contribution in [-0.2, 0) is 11.3 Å². The number of carbonyl (C=O) groups is 1. The number of hydrogen-bond donors (Lipinski definition) is 2. The molecule has 1 aromatic rings. The van der Waals surface area contributed by atoms with Crippen LogP contribution in [0.15, 0.2) is 30.9 Å². The second kappa shape index (κ2) is 7.67. The number of nitrogens with one attached hydrogen (secondary N) is 1. The second-order valence-electron chi connectivity index (χ2n) is 4.89. The average molecular weight is 277 g/mol. The molecule has 1 amide bonds. The lowest BCUT2D eigenvalue weighted by Crippen LogP contribution is -2.35. The Hall–Kier alpha value is -1.85. The fraction of sp³-hybridized carbons (Fsp3) is 0.400. The van der Waals surface area contributed by atoms with Gasteiger partial charge < -0.3 is 20.7 Å². The molecule has 0 spiro atoms. The minimum atomic E-state index is -0.602. The maximum atomic E-state index is 12.0. The van der Waals surface area contributed by atoms with E-state index in [2.05, 4.69) is 16.8 Å². The van der Waals surface area contributed by atoms with Gasteiger partial charge in [0.2, 0.25) is 5.91 Å². The van der Waals surface area contributed by atoms with Crippen molar-refractivity contribution < 1.29 is 9.53 Å². The standard InChI is InChI=1S/C15H23N3O2/c1-5-6-12(16)15(19)17-13-9-11(10-18(2)3)7-8-14(13)20-4/h5,7-9,12H,1,6,10,16H2,2-4H3,(H,17,19). The number of nitrogens with zero attached hydrogens (tertiary/aromatic N) is 1. The van der Waals surface area contributed by atoms with E-state index >= 15 is 0 Å². The third-order valence-electron chi connectivity index (χ3n) is 2.78. The summed E-state index contributed by atoms with van der Waals surface area (Å²) in [5.41, 5.74) is 7.48. The van der Waals surface area contributed by atoms with E-state index in [9.17, 15) is 4.79 Å². The summed E-state index contributed by atoms with van der Waals surface area (Å²) in [6, 6.07) is 5.11. The zero-order valence-corrected chi connectivity index (χ0v) is 12.3. The highest BCUT2D eigenvalue weighted by atomic mass is 16.5. The van der Waals surface area contributed by atoms with Gasteiger partial charge in [0.15, 0.2) is 0 Å². The molecule has 0 saturated heterocycles. The zero-order chi connectivity index (χ0) is 15.1. The van der Waals surface area contributed by atoms with E-state index in [4.69, 9.17) is 10.5 Å². The highest BCUT2D eigenvalue weighted by Crippen LogP contribution is 2.26. The van der Waals surface area contributed by atoms with Crippen molar-refractivity contribution in [3.05, 3.63) is 36.4 Å². The zero-order valence-electron chi connectivity index (χ0n) is 12.3. The van der Waals surface area contributed by atoms with Gasteiger partial charge >= 0.3 is 0 Å². The molecular weight excluding hydrogens is 254 g/mol. The third-order valence-corrected chi connectivity index (χ3v) is 2.78. The first-order valence-corrected chi connectivity index (χ1v) is 6.47. The number of carbonyl (C=O) groups excluding carboxylic acids is 1. The van der Waals surface area contributed by atoms with E-state index in [-0.39, 0.29) is 5.91 Å². The SMILES string of the molecule is C=CCC(N)C(=O)Nc1cc(CN(C)C)ccc1OC. The number of benzene rings is 1. The molecule has 20 heavy (non-hydrogen) atoms. The van der Waals surface area contributed by atoms with Gasteiger partial charge in [-0.25, -0.2) is 0 Å². The molecule has 0 aliphatic carbocycles. The molecule has 0 aromatic heterocycles. The first kappa shape index (κ1) is 16.2. The van der Waals surface area contributed by atoms with E-state index in [1.165, 1.54) is 0 Å². The summed E-state index contributed by atoms with van der Waals surface area (Å²) in [7, 11) is 5.55. The number of amides is 1. The predicted molar refractivity (Wildman–Crippen MR) is 81.8 cm³/mol. The summed E-state index contributed by atoms with van der Waals surface area (Å²) in [6.07, 6.45) is 2.06. The van der Waals surface area contributed by atoms with Crippen LogP contribution in [0.1, 0.15) is 12.0 Å². The molecule has 0 fully saturated rings. The summed E-state index contributed by atoms with van der Waals surface area (Å²) >= 11 is 0. The molecule has 0 aliphatic rings. The van der Waals surface area contributed by atoms with Crippen molar-refractivity contribution in [3.63, 3.8) is 0 Å². The highest BCUT2D eigenvalue weighted by Gasteiger charge is 2.14. The molecule has 1 rings (SSSR count). The molecule has 110 valence electrons. The summed E-state index contributed by atoms with van der Waals surface area (Å²) in [5, 5.41) is 2.80. The fourth-order valence-corrected chi connectivity index (χ4v) is 1.83. The van der Waals surface area contributed by atoms with Gasteiger partial charge in [-0.3, -0.25) is 4.79 Å². The van der Waals surface area contributed by atoms with E-state index in [0.717, 1.165) is 12.1 Å². The van der Waals surface area contributed by atoms with E-state index in [1.54, 1.807) is 13.2 Å². The smallest absolute Gasteiger partial charge is 0.241 e. The fourth-order valence-electron chi connectivity index (χ4n) is 1.83. The highest BCUT2D eigenvalue weighted by molar-refractivity contribution is 5.96. The van der Waals surface area contributed by atoms with Crippen LogP contribution < -0.4 is 15.8 Å². The topological polar surface area (TPSA) is 67.6 Å². The Bertz CT molecular complexity index is 472. The van der Waals surface area contributed by atoms with Crippen molar-refractivity contribution in [2.24, 2.45) is 5.73 Å². The number of nitrogens with two attached hydrogens (primary N) is 1. The van der Waals surface area contributed by atoms with Crippen LogP contribution in [-0.4, -0.2) is 38.1 Å². The van der Waals surface area contributed by atoms with Crippen LogP contribution in [0.4, 0.5) is 5.69 Å². The predicted octanol–water partition coefficient (Wildman–Crippen LogP) is 1.60. The molecule has 0 radical (unpaired) electrons. The number of ether oxygens (including phenoxy) is 1. The molecule has 3 N–H and O–H groups in total. The molecule has 1 atom stereocenters. The molecule has 0 saturated carbocycles. The van der Waals surface area contributed by atoms with Crippen LogP contribution in [0.3, 0.4) is 0 Å². The molecule has 5 heteroatoms. The molecule has 1 aromatic carbocycles. The molecule has 0 bridgehead atoms. The maximum absolute atomic E-state index is 12.0. The van der Waals surface area contributed by atoms with Gasteiger partial charge in [0.25, 0.3) is 0 Å². The van der Waals surface area contributed by atoms with Crippen molar-refractivity contribution in [1.82, 2.24) is 4.90 Å². The van der Waals surface area contributed by atoms with Crippen molar-refractivity contribution >= 4 is 11.6 Å².